The summed E-state index contributed by atoms with van der Waals surface area (Å²) >= 11 is 0. The van der Waals surface area contributed by atoms with Crippen LogP contribution in [-0.2, 0) is 4.79 Å². The second-order valence-electron chi connectivity index (χ2n) is 8.40. The number of nitrogens with zero attached hydrogens (tertiary/aromatic N) is 1. The van der Waals surface area contributed by atoms with E-state index >= 15 is 0 Å². The van der Waals surface area contributed by atoms with Crippen molar-refractivity contribution in [2.24, 2.45) is 11.8 Å². The highest BCUT2D eigenvalue weighted by molar-refractivity contribution is 5.78. The Bertz CT molecular complexity index is 983. The number of imidazole rings is 1. The minimum absolute atomic E-state index is 0.0244. The molecule has 1 fully saturated rings. The van der Waals surface area contributed by atoms with Crippen molar-refractivity contribution in [1.29, 1.82) is 0 Å². The highest BCUT2D eigenvalue weighted by atomic mass is 19.1. The minimum atomic E-state index is -0.266. The highest BCUT2D eigenvalue weighted by Gasteiger charge is 2.36. The summed E-state index contributed by atoms with van der Waals surface area (Å²) in [5.74, 6) is 0.699. The van der Waals surface area contributed by atoms with Gasteiger partial charge >= 0.3 is 0 Å². The predicted octanol–water partition coefficient (Wildman–Crippen LogP) is 3.76. The van der Waals surface area contributed by atoms with Crippen molar-refractivity contribution < 1.29 is 9.18 Å². The number of H-pyrrole nitrogens is 1. The normalized spacial score (nSPS) is 22.5. The number of carbonyl (C=O) groups excluding carboxylic acids is 1. The maximum atomic E-state index is 13.3. The van der Waals surface area contributed by atoms with Gasteiger partial charge < -0.3 is 10.3 Å². The molecule has 4 N–H and O–H groups in total. The monoisotopic (exact) mass is 409 g/mol. The summed E-state index contributed by atoms with van der Waals surface area (Å²) in [7, 11) is 0. The molecule has 30 heavy (non-hydrogen) atoms. The smallest absolute Gasteiger partial charge is 0.221 e. The molecular formula is C23H28FN5O. The number of nitrogens with one attached hydrogen (secondary N) is 4. The standard InChI is InChI=1S/C23H28FN5O/c1-13(2)21(23-25-18-6-4-5-7-19(18)26-23)27-20(30)12-17-14(3)28-29-22(17)15-8-10-16(24)11-9-15/h4-11,13-14,17,21-22,28-29H,12H2,1-3H3,(H,25,26)(H,27,30). The average molecular weight is 410 g/mol. The summed E-state index contributed by atoms with van der Waals surface area (Å²) < 4.78 is 13.3. The van der Waals surface area contributed by atoms with Crippen LogP contribution in [-0.4, -0.2) is 21.9 Å². The van der Waals surface area contributed by atoms with Crippen LogP contribution in [0.5, 0.6) is 0 Å². The Kier molecular flexibility index (Phi) is 5.83. The molecule has 0 saturated carbocycles. The fraction of sp³-hybridized carbons (Fsp3) is 0.391. The molecule has 2 aromatic carbocycles. The summed E-state index contributed by atoms with van der Waals surface area (Å²) in [5, 5.41) is 3.17. The van der Waals surface area contributed by atoms with E-state index in [1.165, 1.54) is 12.1 Å². The first-order valence-corrected chi connectivity index (χ1v) is 10.4. The molecule has 4 atom stereocenters. The van der Waals surface area contributed by atoms with Gasteiger partial charge in [0.25, 0.3) is 0 Å². The van der Waals surface area contributed by atoms with Crippen LogP contribution in [0.15, 0.2) is 48.5 Å². The maximum Gasteiger partial charge on any atom is 0.221 e. The first-order chi connectivity index (χ1) is 14.4. The fourth-order valence-electron chi connectivity index (χ4n) is 4.14. The zero-order valence-electron chi connectivity index (χ0n) is 17.4. The summed E-state index contributed by atoms with van der Waals surface area (Å²) in [4.78, 5) is 21.0. The van der Waals surface area contributed by atoms with E-state index in [-0.39, 0.29) is 41.7 Å². The molecule has 1 amide bonds. The lowest BCUT2D eigenvalue weighted by atomic mass is 9.87. The van der Waals surface area contributed by atoms with E-state index in [0.717, 1.165) is 22.4 Å². The number of fused-ring (bicyclic) bond motifs is 1. The van der Waals surface area contributed by atoms with Crippen LogP contribution in [0.4, 0.5) is 4.39 Å². The van der Waals surface area contributed by atoms with Crippen LogP contribution in [0, 0.1) is 17.7 Å². The largest absolute Gasteiger partial charge is 0.346 e. The SMILES string of the molecule is CC(C)C(NC(=O)CC1C(C)NNC1c1ccc(F)cc1)c1nc2ccccc2[nH]1. The molecule has 4 unspecified atom stereocenters. The van der Waals surface area contributed by atoms with Crippen molar-refractivity contribution >= 4 is 16.9 Å². The van der Waals surface area contributed by atoms with E-state index < -0.39 is 0 Å². The van der Waals surface area contributed by atoms with Crippen molar-refractivity contribution in [2.75, 3.05) is 0 Å². The molecule has 0 spiro atoms. The number of carbonyl (C=O) groups is 1. The van der Waals surface area contributed by atoms with Crippen LogP contribution in [0.3, 0.4) is 0 Å². The van der Waals surface area contributed by atoms with Gasteiger partial charge in [-0.3, -0.25) is 10.2 Å². The first-order valence-electron chi connectivity index (χ1n) is 10.4. The number of benzene rings is 2. The Hall–Kier alpha value is -2.77. The number of hydrogen-bond acceptors (Lipinski definition) is 4. The molecule has 158 valence electrons. The van der Waals surface area contributed by atoms with Crippen molar-refractivity contribution in [1.82, 2.24) is 26.1 Å². The zero-order valence-corrected chi connectivity index (χ0v) is 17.4. The van der Waals surface area contributed by atoms with Crippen LogP contribution < -0.4 is 16.2 Å². The third-order valence-corrected chi connectivity index (χ3v) is 5.87. The van der Waals surface area contributed by atoms with Crippen molar-refractivity contribution in [3.63, 3.8) is 0 Å². The van der Waals surface area contributed by atoms with Crippen LogP contribution >= 0.6 is 0 Å². The van der Waals surface area contributed by atoms with Gasteiger partial charge in [0, 0.05) is 18.4 Å². The predicted molar refractivity (Wildman–Crippen MR) is 115 cm³/mol. The Morgan fingerprint density at radius 1 is 1.13 bits per heavy atom. The van der Waals surface area contributed by atoms with Gasteiger partial charge in [0.1, 0.15) is 11.6 Å². The van der Waals surface area contributed by atoms with Gasteiger partial charge in [0.15, 0.2) is 0 Å². The zero-order chi connectivity index (χ0) is 21.3. The van der Waals surface area contributed by atoms with E-state index in [1.807, 2.05) is 31.2 Å². The number of rotatable bonds is 6. The Morgan fingerprint density at radius 3 is 2.57 bits per heavy atom. The second kappa shape index (κ2) is 8.53. The van der Waals surface area contributed by atoms with Crippen LogP contribution in [0.2, 0.25) is 0 Å². The third-order valence-electron chi connectivity index (χ3n) is 5.87. The lowest BCUT2D eigenvalue weighted by Gasteiger charge is -2.24. The number of aromatic nitrogens is 2. The number of hydrazine groups is 1. The van der Waals surface area contributed by atoms with Crippen molar-refractivity contribution in [3.05, 3.63) is 65.7 Å². The fourth-order valence-corrected chi connectivity index (χ4v) is 4.14. The minimum Gasteiger partial charge on any atom is -0.346 e. The molecule has 7 heteroatoms. The topological polar surface area (TPSA) is 81.8 Å². The first kappa shape index (κ1) is 20.5. The molecule has 0 bridgehead atoms. The van der Waals surface area contributed by atoms with Gasteiger partial charge in [0.2, 0.25) is 5.91 Å². The molecule has 1 aliphatic rings. The molecule has 0 radical (unpaired) electrons. The van der Waals surface area contributed by atoms with Crippen molar-refractivity contribution in [2.45, 2.75) is 45.3 Å². The number of para-hydroxylation sites is 2. The van der Waals surface area contributed by atoms with Crippen molar-refractivity contribution in [3.8, 4) is 0 Å². The molecule has 6 nitrogen and oxygen atoms in total. The molecule has 0 aliphatic carbocycles. The van der Waals surface area contributed by atoms with E-state index in [9.17, 15) is 9.18 Å². The Morgan fingerprint density at radius 2 is 1.87 bits per heavy atom. The Balaban J connectivity index is 1.49. The molecule has 3 aromatic rings. The van der Waals surface area contributed by atoms with Gasteiger partial charge in [-0.05, 0) is 42.7 Å². The van der Waals surface area contributed by atoms with Gasteiger partial charge in [-0.15, -0.1) is 0 Å². The molecule has 4 rings (SSSR count). The van der Waals surface area contributed by atoms with E-state index in [1.54, 1.807) is 12.1 Å². The molecule has 1 aliphatic heterocycles. The number of halogens is 1. The van der Waals surface area contributed by atoms with Crippen LogP contribution in [0.25, 0.3) is 11.0 Å². The number of amides is 1. The van der Waals surface area contributed by atoms with E-state index in [2.05, 4.69) is 40.0 Å². The lowest BCUT2D eigenvalue weighted by Crippen LogP contribution is -2.35. The van der Waals surface area contributed by atoms with Gasteiger partial charge in [-0.25, -0.2) is 14.8 Å². The van der Waals surface area contributed by atoms with Gasteiger partial charge in [-0.2, -0.15) is 0 Å². The summed E-state index contributed by atoms with van der Waals surface area (Å²) in [6.45, 7) is 6.19. The summed E-state index contributed by atoms with van der Waals surface area (Å²) in [6, 6.07) is 14.1. The van der Waals surface area contributed by atoms with Crippen LogP contribution in [0.1, 0.15) is 50.7 Å². The second-order valence-corrected chi connectivity index (χ2v) is 8.40. The van der Waals surface area contributed by atoms with Gasteiger partial charge in [0.05, 0.1) is 23.1 Å². The number of hydrogen-bond donors (Lipinski definition) is 4. The lowest BCUT2D eigenvalue weighted by molar-refractivity contribution is -0.123. The quantitative estimate of drug-likeness (QED) is 0.500. The van der Waals surface area contributed by atoms with Gasteiger partial charge in [-0.1, -0.05) is 38.1 Å². The number of aromatic amines is 1. The highest BCUT2D eigenvalue weighted by Crippen LogP contribution is 2.32. The summed E-state index contributed by atoms with van der Waals surface area (Å²) in [6.07, 6.45) is 0.354. The molecule has 1 saturated heterocycles. The third kappa shape index (κ3) is 4.22. The molecule has 2 heterocycles. The molecular weight excluding hydrogens is 381 g/mol. The van der Waals surface area contributed by atoms with E-state index in [0.29, 0.717) is 6.42 Å². The Labute approximate surface area is 175 Å². The average Bonchev–Trinajstić information content (AvgIpc) is 3.30. The molecule has 1 aromatic heterocycles. The summed E-state index contributed by atoms with van der Waals surface area (Å²) in [5.41, 5.74) is 9.29. The maximum absolute atomic E-state index is 13.3. The van der Waals surface area contributed by atoms with E-state index in [4.69, 9.17) is 0 Å².